The molecule has 1 aliphatic heterocycles. The van der Waals surface area contributed by atoms with Crippen molar-refractivity contribution in [3.63, 3.8) is 0 Å². The van der Waals surface area contributed by atoms with Crippen LogP contribution in [0.25, 0.3) is 0 Å². The van der Waals surface area contributed by atoms with Crippen LogP contribution >= 0.6 is 0 Å². The van der Waals surface area contributed by atoms with E-state index in [1.807, 2.05) is 35.3 Å². The molecule has 32 heavy (non-hydrogen) atoms. The number of nitrogens with one attached hydrogen (secondary N) is 1. The highest BCUT2D eigenvalue weighted by molar-refractivity contribution is 7.92. The first-order valence-electron chi connectivity index (χ1n) is 10.1. The van der Waals surface area contributed by atoms with Crippen LogP contribution in [0.2, 0.25) is 0 Å². The molecule has 0 saturated heterocycles. The maximum absolute atomic E-state index is 13.2. The Hall–Kier alpha value is -3.04. The predicted octanol–water partition coefficient (Wildman–Crippen LogP) is 4.95. The Morgan fingerprint density at radius 2 is 1.75 bits per heavy atom. The van der Waals surface area contributed by atoms with Crippen LogP contribution in [0, 0.1) is 0 Å². The van der Waals surface area contributed by atoms with Gasteiger partial charge in [-0.15, -0.1) is 0 Å². The zero-order chi connectivity index (χ0) is 22.9. The van der Waals surface area contributed by atoms with Gasteiger partial charge < -0.3 is 5.01 Å². The van der Waals surface area contributed by atoms with Crippen LogP contribution in [0.15, 0.2) is 77.7 Å². The molecule has 1 aliphatic rings. The Labute approximate surface area is 185 Å². The maximum atomic E-state index is 13.2. The second kappa shape index (κ2) is 8.48. The van der Waals surface area contributed by atoms with Gasteiger partial charge in [0.1, 0.15) is 0 Å². The standard InChI is InChI=1S/C23H22F3N3O2S/c1-2-29(32(30,31)21-11-6-9-19(14-21)23(24,25)26)20-10-5-7-17(13-20)16-28-22-12-4-3-8-18(22)15-27-28/h3-14,27H,2,15-16H2,1H3. The number of para-hydroxylation sites is 1. The lowest BCUT2D eigenvalue weighted by molar-refractivity contribution is -0.137. The third kappa shape index (κ3) is 4.31. The summed E-state index contributed by atoms with van der Waals surface area (Å²) < 4.78 is 66.8. The van der Waals surface area contributed by atoms with Gasteiger partial charge in [-0.3, -0.25) is 4.31 Å². The Kier molecular flexibility index (Phi) is 5.87. The lowest BCUT2D eigenvalue weighted by Crippen LogP contribution is -2.32. The predicted molar refractivity (Wildman–Crippen MR) is 118 cm³/mol. The van der Waals surface area contributed by atoms with Gasteiger partial charge in [0.25, 0.3) is 10.0 Å². The van der Waals surface area contributed by atoms with Crippen molar-refractivity contribution < 1.29 is 21.6 Å². The van der Waals surface area contributed by atoms with Gasteiger partial charge in [0.2, 0.25) is 0 Å². The van der Waals surface area contributed by atoms with Gasteiger partial charge in [-0.25, -0.2) is 13.8 Å². The number of fused-ring (bicyclic) bond motifs is 1. The average Bonchev–Trinajstić information content (AvgIpc) is 3.17. The molecule has 5 nitrogen and oxygen atoms in total. The van der Waals surface area contributed by atoms with Crippen molar-refractivity contribution in [1.82, 2.24) is 5.43 Å². The van der Waals surface area contributed by atoms with Crippen molar-refractivity contribution >= 4 is 21.4 Å². The number of benzene rings is 3. The molecule has 1 heterocycles. The molecule has 9 heteroatoms. The SMILES string of the molecule is CCN(c1cccc(CN2NCc3ccccc32)c1)S(=O)(=O)c1cccc(C(F)(F)F)c1. The summed E-state index contributed by atoms with van der Waals surface area (Å²) in [6.45, 7) is 2.94. The van der Waals surface area contributed by atoms with Crippen LogP contribution in [0.4, 0.5) is 24.5 Å². The maximum Gasteiger partial charge on any atom is 0.416 e. The number of nitrogens with zero attached hydrogens (tertiary/aromatic N) is 2. The second-order valence-electron chi connectivity index (χ2n) is 7.42. The molecule has 0 amide bonds. The van der Waals surface area contributed by atoms with E-state index in [0.29, 0.717) is 24.8 Å². The van der Waals surface area contributed by atoms with Crippen molar-refractivity contribution in [2.24, 2.45) is 0 Å². The van der Waals surface area contributed by atoms with Gasteiger partial charge in [0.05, 0.1) is 28.4 Å². The van der Waals surface area contributed by atoms with Crippen LogP contribution in [-0.2, 0) is 29.3 Å². The molecule has 0 saturated carbocycles. The molecular weight excluding hydrogens is 439 g/mol. The van der Waals surface area contributed by atoms with Crippen molar-refractivity contribution in [1.29, 1.82) is 0 Å². The molecule has 0 fully saturated rings. The van der Waals surface area contributed by atoms with E-state index in [-0.39, 0.29) is 6.54 Å². The molecule has 168 valence electrons. The number of hydrogen-bond acceptors (Lipinski definition) is 4. The molecule has 0 atom stereocenters. The summed E-state index contributed by atoms with van der Waals surface area (Å²) >= 11 is 0. The Morgan fingerprint density at radius 1 is 1.00 bits per heavy atom. The Balaban J connectivity index is 1.63. The first-order chi connectivity index (χ1) is 15.2. The van der Waals surface area contributed by atoms with E-state index >= 15 is 0 Å². The Bertz CT molecular complexity index is 1230. The van der Waals surface area contributed by atoms with Crippen LogP contribution in [-0.4, -0.2) is 15.0 Å². The van der Waals surface area contributed by atoms with Gasteiger partial charge in [0, 0.05) is 13.1 Å². The minimum atomic E-state index is -4.62. The number of sulfonamides is 1. The fourth-order valence-corrected chi connectivity index (χ4v) is 5.29. The fraction of sp³-hybridized carbons (Fsp3) is 0.217. The van der Waals surface area contributed by atoms with E-state index in [0.717, 1.165) is 27.7 Å². The highest BCUT2D eigenvalue weighted by Gasteiger charge is 2.33. The molecule has 0 unspecified atom stereocenters. The van der Waals surface area contributed by atoms with Crippen LogP contribution < -0.4 is 14.7 Å². The van der Waals surface area contributed by atoms with E-state index in [1.54, 1.807) is 25.1 Å². The summed E-state index contributed by atoms with van der Waals surface area (Å²) in [6.07, 6.45) is -4.62. The third-order valence-corrected chi connectivity index (χ3v) is 7.22. The summed E-state index contributed by atoms with van der Waals surface area (Å²) in [5.41, 5.74) is 5.80. The number of hydrogen-bond donors (Lipinski definition) is 1. The number of alkyl halides is 3. The van der Waals surface area contributed by atoms with Crippen LogP contribution in [0.3, 0.4) is 0 Å². The van der Waals surface area contributed by atoms with Crippen molar-refractivity contribution in [2.45, 2.75) is 31.1 Å². The van der Waals surface area contributed by atoms with E-state index in [1.165, 1.54) is 11.6 Å². The molecule has 3 aromatic carbocycles. The zero-order valence-electron chi connectivity index (χ0n) is 17.3. The van der Waals surface area contributed by atoms with Crippen molar-refractivity contribution in [2.75, 3.05) is 15.9 Å². The minimum absolute atomic E-state index is 0.0762. The lowest BCUT2D eigenvalue weighted by atomic mass is 10.1. The summed E-state index contributed by atoms with van der Waals surface area (Å²) in [7, 11) is -4.18. The second-order valence-corrected chi connectivity index (χ2v) is 9.28. The first kappa shape index (κ1) is 22.2. The van der Waals surface area contributed by atoms with E-state index in [9.17, 15) is 21.6 Å². The lowest BCUT2D eigenvalue weighted by Gasteiger charge is -2.25. The van der Waals surface area contributed by atoms with E-state index < -0.39 is 26.7 Å². The number of rotatable bonds is 6. The highest BCUT2D eigenvalue weighted by Crippen LogP contribution is 2.32. The molecule has 1 N–H and O–H groups in total. The molecule has 0 aliphatic carbocycles. The van der Waals surface area contributed by atoms with Gasteiger partial charge in [-0.1, -0.05) is 36.4 Å². The Morgan fingerprint density at radius 3 is 2.50 bits per heavy atom. The molecule has 0 spiro atoms. The van der Waals surface area contributed by atoms with Gasteiger partial charge in [-0.2, -0.15) is 13.2 Å². The topological polar surface area (TPSA) is 52.6 Å². The summed E-state index contributed by atoms with van der Waals surface area (Å²) in [5.74, 6) is 0. The quantitative estimate of drug-likeness (QED) is 0.565. The third-order valence-electron chi connectivity index (χ3n) is 5.32. The first-order valence-corrected chi connectivity index (χ1v) is 11.5. The smallest absolute Gasteiger partial charge is 0.303 e. The molecule has 0 aromatic heterocycles. The van der Waals surface area contributed by atoms with Gasteiger partial charge in [0.15, 0.2) is 0 Å². The average molecular weight is 462 g/mol. The fourth-order valence-electron chi connectivity index (χ4n) is 3.77. The van der Waals surface area contributed by atoms with Crippen molar-refractivity contribution in [3.05, 3.63) is 89.5 Å². The van der Waals surface area contributed by atoms with Gasteiger partial charge in [-0.05, 0) is 54.4 Å². The normalized spacial score (nSPS) is 13.8. The summed E-state index contributed by atoms with van der Waals surface area (Å²) in [4.78, 5) is -0.394. The number of hydrazine groups is 1. The van der Waals surface area contributed by atoms with Crippen LogP contribution in [0.1, 0.15) is 23.6 Å². The summed E-state index contributed by atoms with van der Waals surface area (Å²) in [5, 5.41) is 1.99. The van der Waals surface area contributed by atoms with E-state index in [4.69, 9.17) is 0 Å². The van der Waals surface area contributed by atoms with Gasteiger partial charge >= 0.3 is 6.18 Å². The van der Waals surface area contributed by atoms with Crippen LogP contribution in [0.5, 0.6) is 0 Å². The zero-order valence-corrected chi connectivity index (χ0v) is 18.1. The number of anilines is 2. The minimum Gasteiger partial charge on any atom is -0.303 e. The molecule has 0 radical (unpaired) electrons. The molecule has 4 rings (SSSR count). The highest BCUT2D eigenvalue weighted by atomic mass is 32.2. The molecule has 0 bridgehead atoms. The van der Waals surface area contributed by atoms with Crippen molar-refractivity contribution in [3.8, 4) is 0 Å². The largest absolute Gasteiger partial charge is 0.416 e. The monoisotopic (exact) mass is 461 g/mol. The van der Waals surface area contributed by atoms with E-state index in [2.05, 4.69) is 5.43 Å². The molecular formula is C23H22F3N3O2S. The molecule has 3 aromatic rings. The summed E-state index contributed by atoms with van der Waals surface area (Å²) in [6, 6.07) is 18.8. The number of halogens is 3.